The van der Waals surface area contributed by atoms with Gasteiger partial charge in [-0.3, -0.25) is 10.1 Å². The van der Waals surface area contributed by atoms with Gasteiger partial charge in [-0.05, 0) is 36.4 Å². The van der Waals surface area contributed by atoms with Gasteiger partial charge in [0.25, 0.3) is 9.70 Å². The highest BCUT2D eigenvalue weighted by molar-refractivity contribution is 7.89. The van der Waals surface area contributed by atoms with Crippen molar-refractivity contribution in [1.29, 1.82) is 0 Å². The Labute approximate surface area is 194 Å². The highest BCUT2D eigenvalue weighted by Crippen LogP contribution is 2.48. The van der Waals surface area contributed by atoms with Crippen molar-refractivity contribution < 1.29 is 27.4 Å². The quantitative estimate of drug-likeness (QED) is 0.640. The van der Waals surface area contributed by atoms with Crippen molar-refractivity contribution in [2.24, 2.45) is 0 Å². The van der Waals surface area contributed by atoms with Gasteiger partial charge >= 0.3 is 5.91 Å². The number of fused-ring (bicyclic) bond motifs is 1. The molecule has 0 radical (unpaired) electrons. The fourth-order valence-corrected chi connectivity index (χ4v) is 4.90. The number of amides is 1. The highest BCUT2D eigenvalue weighted by atomic mass is 35.6. The second kappa shape index (κ2) is 8.31. The molecule has 12 heteroatoms. The number of carbonyl (C=O) groups excluding carboxylic acids is 1. The zero-order valence-electron chi connectivity index (χ0n) is 15.9. The van der Waals surface area contributed by atoms with Gasteiger partial charge in [0, 0.05) is 18.7 Å². The van der Waals surface area contributed by atoms with E-state index in [1.807, 2.05) is 0 Å². The lowest BCUT2D eigenvalue weighted by Gasteiger charge is -2.33. The standard InChI is InChI=1S/C19H17Cl3N2O6S/c20-18(21,22)19(29-15-3-1-2-4-16(15)30-19)23-17(25)13-5-7-14(8-6-13)31(26,27)24-9-11-28-12-10-24/h1-8H,9-12H2,(H,23,25). The molecule has 4 rings (SSSR count). The van der Waals surface area contributed by atoms with Crippen molar-refractivity contribution in [2.75, 3.05) is 26.3 Å². The second-order valence-corrected chi connectivity index (χ2v) is 11.0. The van der Waals surface area contributed by atoms with E-state index in [-0.39, 0.29) is 23.5 Å². The third kappa shape index (κ3) is 4.30. The van der Waals surface area contributed by atoms with Crippen LogP contribution in [0, 0.1) is 0 Å². The first-order chi connectivity index (χ1) is 14.6. The summed E-state index contributed by atoms with van der Waals surface area (Å²) in [6.45, 7) is 1.21. The Morgan fingerprint density at radius 2 is 1.52 bits per heavy atom. The van der Waals surface area contributed by atoms with E-state index in [4.69, 9.17) is 49.0 Å². The lowest BCUT2D eigenvalue weighted by molar-refractivity contribution is -0.0953. The van der Waals surface area contributed by atoms with E-state index in [9.17, 15) is 13.2 Å². The number of hydrogen-bond acceptors (Lipinski definition) is 6. The molecular formula is C19H17Cl3N2O6S. The van der Waals surface area contributed by atoms with Crippen LogP contribution in [-0.4, -0.2) is 54.6 Å². The van der Waals surface area contributed by atoms with Crippen LogP contribution in [0.2, 0.25) is 0 Å². The second-order valence-electron chi connectivity index (χ2n) is 6.76. The van der Waals surface area contributed by atoms with Gasteiger partial charge in [-0.15, -0.1) is 0 Å². The maximum Gasteiger partial charge on any atom is 0.388 e. The molecule has 0 aliphatic carbocycles. The first-order valence-corrected chi connectivity index (χ1v) is 11.7. The average Bonchev–Trinajstić information content (AvgIpc) is 3.14. The van der Waals surface area contributed by atoms with E-state index in [0.29, 0.717) is 24.7 Å². The van der Waals surface area contributed by atoms with Crippen LogP contribution in [0.15, 0.2) is 53.4 Å². The summed E-state index contributed by atoms with van der Waals surface area (Å²) < 4.78 is 41.1. The van der Waals surface area contributed by atoms with Crippen molar-refractivity contribution in [3.8, 4) is 11.5 Å². The molecule has 0 unspecified atom stereocenters. The number of ether oxygens (including phenoxy) is 3. The summed E-state index contributed by atoms with van der Waals surface area (Å²) in [7, 11) is -3.69. The smallest absolute Gasteiger partial charge is 0.388 e. The number of benzene rings is 2. The normalized spacial score (nSPS) is 18.5. The van der Waals surface area contributed by atoms with E-state index < -0.39 is 25.6 Å². The third-order valence-corrected chi connectivity index (χ3v) is 7.39. The number of hydrogen-bond donors (Lipinski definition) is 1. The molecule has 2 heterocycles. The largest absolute Gasteiger partial charge is 0.428 e. The molecule has 8 nitrogen and oxygen atoms in total. The summed E-state index contributed by atoms with van der Waals surface area (Å²) in [6, 6.07) is 12.0. The predicted molar refractivity (Wildman–Crippen MR) is 114 cm³/mol. The van der Waals surface area contributed by atoms with Gasteiger partial charge in [0.2, 0.25) is 10.0 Å². The lowest BCUT2D eigenvalue weighted by Crippen LogP contribution is -2.63. The zero-order chi connectivity index (χ0) is 22.3. The molecule has 0 bridgehead atoms. The van der Waals surface area contributed by atoms with Crippen molar-refractivity contribution in [1.82, 2.24) is 9.62 Å². The molecule has 31 heavy (non-hydrogen) atoms. The van der Waals surface area contributed by atoms with E-state index in [1.54, 1.807) is 24.3 Å². The SMILES string of the molecule is O=C(NC1(C(Cl)(Cl)Cl)Oc2ccccc2O1)c1ccc(S(=O)(=O)N2CCOCC2)cc1. The van der Waals surface area contributed by atoms with Crippen LogP contribution < -0.4 is 14.8 Å². The van der Waals surface area contributed by atoms with Gasteiger partial charge in [-0.2, -0.15) is 4.31 Å². The molecule has 0 aromatic heterocycles. The summed E-state index contributed by atoms with van der Waals surface area (Å²) in [4.78, 5) is 12.9. The Hall–Kier alpha value is -1.75. The maximum atomic E-state index is 12.8. The first-order valence-electron chi connectivity index (χ1n) is 9.17. The number of alkyl halides is 3. The molecule has 2 aromatic rings. The number of sulfonamides is 1. The predicted octanol–water partition coefficient (Wildman–Crippen LogP) is 2.93. The zero-order valence-corrected chi connectivity index (χ0v) is 19.0. The number of para-hydroxylation sites is 2. The fraction of sp³-hybridized carbons (Fsp3) is 0.316. The van der Waals surface area contributed by atoms with Crippen molar-refractivity contribution in [2.45, 2.75) is 14.6 Å². The third-order valence-electron chi connectivity index (χ3n) is 4.73. The van der Waals surface area contributed by atoms with Crippen molar-refractivity contribution in [3.05, 3.63) is 54.1 Å². The minimum atomic E-state index is -3.69. The molecule has 1 amide bonds. The molecule has 0 saturated carbocycles. The molecule has 166 valence electrons. The van der Waals surface area contributed by atoms with E-state index in [2.05, 4.69) is 5.32 Å². The van der Waals surface area contributed by atoms with Crippen LogP contribution in [0.4, 0.5) is 0 Å². The molecule has 2 aromatic carbocycles. The maximum absolute atomic E-state index is 12.8. The topological polar surface area (TPSA) is 94.2 Å². The van der Waals surface area contributed by atoms with Crippen LogP contribution in [-0.2, 0) is 14.8 Å². The number of carbonyl (C=O) groups is 1. The summed E-state index contributed by atoms with van der Waals surface area (Å²) in [5, 5.41) is 2.46. The summed E-state index contributed by atoms with van der Waals surface area (Å²) in [6.07, 6.45) is 0. The van der Waals surface area contributed by atoms with Crippen molar-refractivity contribution >= 4 is 50.7 Å². The number of rotatable bonds is 4. The monoisotopic (exact) mass is 506 g/mol. The molecule has 1 N–H and O–H groups in total. The average molecular weight is 508 g/mol. The number of nitrogens with zero attached hydrogens (tertiary/aromatic N) is 1. The van der Waals surface area contributed by atoms with Gasteiger partial charge in [-0.25, -0.2) is 8.42 Å². The molecule has 0 atom stereocenters. The minimum Gasteiger partial charge on any atom is -0.428 e. The fourth-order valence-electron chi connectivity index (χ4n) is 3.12. The Balaban J connectivity index is 1.54. The van der Waals surface area contributed by atoms with Crippen LogP contribution in [0.25, 0.3) is 0 Å². The number of halogens is 3. The van der Waals surface area contributed by atoms with E-state index in [0.717, 1.165) is 0 Å². The van der Waals surface area contributed by atoms with Gasteiger partial charge in [0.15, 0.2) is 11.5 Å². The summed E-state index contributed by atoms with van der Waals surface area (Å²) in [5.41, 5.74) is 0.123. The van der Waals surface area contributed by atoms with Gasteiger partial charge in [-0.1, -0.05) is 46.9 Å². The van der Waals surface area contributed by atoms with Crippen LogP contribution >= 0.6 is 34.8 Å². The Morgan fingerprint density at radius 1 is 0.968 bits per heavy atom. The number of morpholine rings is 1. The summed E-state index contributed by atoms with van der Waals surface area (Å²) >= 11 is 18.2. The molecule has 2 aliphatic heterocycles. The summed E-state index contributed by atoms with van der Waals surface area (Å²) in [5.74, 6) is -2.20. The Kier molecular flexibility index (Phi) is 6.01. The molecule has 0 spiro atoms. The molecule has 2 aliphatic rings. The van der Waals surface area contributed by atoms with Crippen LogP contribution in [0.1, 0.15) is 10.4 Å². The minimum absolute atomic E-state index is 0.0582. The van der Waals surface area contributed by atoms with Gasteiger partial charge in [0.05, 0.1) is 18.1 Å². The molecule has 1 saturated heterocycles. The van der Waals surface area contributed by atoms with Crippen molar-refractivity contribution in [3.63, 3.8) is 0 Å². The highest BCUT2D eigenvalue weighted by Gasteiger charge is 2.59. The Bertz CT molecular complexity index is 1060. The van der Waals surface area contributed by atoms with Gasteiger partial charge < -0.3 is 14.2 Å². The molecular weight excluding hydrogens is 491 g/mol. The van der Waals surface area contributed by atoms with Crippen LogP contribution in [0.5, 0.6) is 11.5 Å². The Morgan fingerprint density at radius 3 is 2.03 bits per heavy atom. The van der Waals surface area contributed by atoms with E-state index in [1.165, 1.54) is 28.6 Å². The lowest BCUT2D eigenvalue weighted by atomic mass is 10.2. The van der Waals surface area contributed by atoms with E-state index >= 15 is 0 Å². The van der Waals surface area contributed by atoms with Crippen LogP contribution in [0.3, 0.4) is 0 Å². The number of nitrogens with one attached hydrogen (secondary N) is 1. The molecule has 1 fully saturated rings. The van der Waals surface area contributed by atoms with Gasteiger partial charge in [0.1, 0.15) is 0 Å². The first kappa shape index (κ1) is 22.4.